The third-order valence-corrected chi connectivity index (χ3v) is 2.03. The zero-order chi connectivity index (χ0) is 10.4. The van der Waals surface area contributed by atoms with Gasteiger partial charge in [0, 0.05) is 31.0 Å². The van der Waals surface area contributed by atoms with Gasteiger partial charge in [-0.15, -0.1) is 0 Å². The minimum atomic E-state index is -0.0256. The summed E-state index contributed by atoms with van der Waals surface area (Å²) >= 11 is 0. The Hall–Kier alpha value is -0.410. The van der Waals surface area contributed by atoms with Crippen molar-refractivity contribution in [2.45, 2.75) is 33.7 Å². The summed E-state index contributed by atoms with van der Waals surface area (Å²) in [6.07, 6.45) is 0. The van der Waals surface area contributed by atoms with Gasteiger partial charge in [-0.1, -0.05) is 27.7 Å². The molecule has 78 valence electrons. The van der Waals surface area contributed by atoms with E-state index in [4.69, 9.17) is 5.73 Å². The van der Waals surface area contributed by atoms with Crippen molar-refractivity contribution >= 4 is 5.78 Å². The van der Waals surface area contributed by atoms with Crippen molar-refractivity contribution in [1.82, 2.24) is 5.32 Å². The van der Waals surface area contributed by atoms with Crippen LogP contribution in [0.2, 0.25) is 0 Å². The molecule has 0 radical (unpaired) electrons. The van der Waals surface area contributed by atoms with Gasteiger partial charge in [0.2, 0.25) is 0 Å². The van der Waals surface area contributed by atoms with Gasteiger partial charge in [0.15, 0.2) is 0 Å². The molecule has 0 fully saturated rings. The standard InChI is InChI=1S/C10H22N2O/c1-7(2)10(13)9(5-11)6-12-8(3)4/h7-9,12H,5-6,11H2,1-4H3. The minimum absolute atomic E-state index is 0.0256. The van der Waals surface area contributed by atoms with Crippen molar-refractivity contribution in [2.24, 2.45) is 17.6 Å². The van der Waals surface area contributed by atoms with Crippen LogP contribution in [0.25, 0.3) is 0 Å². The van der Waals surface area contributed by atoms with Crippen LogP contribution in [0.5, 0.6) is 0 Å². The molecule has 0 saturated carbocycles. The Morgan fingerprint density at radius 3 is 2.15 bits per heavy atom. The average Bonchev–Trinajstić information content (AvgIpc) is 2.04. The van der Waals surface area contributed by atoms with Crippen molar-refractivity contribution in [3.63, 3.8) is 0 Å². The van der Waals surface area contributed by atoms with Gasteiger partial charge in [0.05, 0.1) is 0 Å². The first-order chi connectivity index (χ1) is 5.99. The van der Waals surface area contributed by atoms with E-state index in [1.807, 2.05) is 13.8 Å². The van der Waals surface area contributed by atoms with Crippen molar-refractivity contribution in [3.05, 3.63) is 0 Å². The van der Waals surface area contributed by atoms with Crippen LogP contribution in [-0.4, -0.2) is 24.9 Å². The summed E-state index contributed by atoms with van der Waals surface area (Å²) in [4.78, 5) is 11.6. The first-order valence-corrected chi connectivity index (χ1v) is 4.96. The molecule has 13 heavy (non-hydrogen) atoms. The maximum absolute atomic E-state index is 11.6. The van der Waals surface area contributed by atoms with Gasteiger partial charge in [-0.3, -0.25) is 4.79 Å². The van der Waals surface area contributed by atoms with E-state index in [9.17, 15) is 4.79 Å². The van der Waals surface area contributed by atoms with E-state index >= 15 is 0 Å². The SMILES string of the molecule is CC(C)NCC(CN)C(=O)C(C)C. The van der Waals surface area contributed by atoms with Crippen molar-refractivity contribution < 1.29 is 4.79 Å². The summed E-state index contributed by atoms with van der Waals surface area (Å²) in [6.45, 7) is 9.10. The molecule has 0 aromatic heterocycles. The molecular weight excluding hydrogens is 164 g/mol. The molecule has 0 amide bonds. The Balaban J connectivity index is 3.95. The molecule has 0 aliphatic rings. The predicted molar refractivity (Wildman–Crippen MR) is 55.5 cm³/mol. The number of nitrogens with one attached hydrogen (secondary N) is 1. The quantitative estimate of drug-likeness (QED) is 0.644. The van der Waals surface area contributed by atoms with Crippen molar-refractivity contribution in [3.8, 4) is 0 Å². The first kappa shape index (κ1) is 12.6. The molecule has 3 N–H and O–H groups in total. The van der Waals surface area contributed by atoms with Crippen LogP contribution in [0.1, 0.15) is 27.7 Å². The zero-order valence-corrected chi connectivity index (χ0v) is 9.13. The molecule has 0 saturated heterocycles. The minimum Gasteiger partial charge on any atom is -0.330 e. The lowest BCUT2D eigenvalue weighted by atomic mass is 9.95. The van der Waals surface area contributed by atoms with Gasteiger partial charge in [-0.05, 0) is 0 Å². The monoisotopic (exact) mass is 186 g/mol. The Kier molecular flexibility index (Phi) is 5.91. The molecule has 3 heteroatoms. The lowest BCUT2D eigenvalue weighted by molar-refractivity contribution is -0.125. The van der Waals surface area contributed by atoms with Gasteiger partial charge in [-0.2, -0.15) is 0 Å². The summed E-state index contributed by atoms with van der Waals surface area (Å²) in [5, 5.41) is 3.23. The Morgan fingerprint density at radius 1 is 1.31 bits per heavy atom. The van der Waals surface area contributed by atoms with Gasteiger partial charge in [-0.25, -0.2) is 0 Å². The third kappa shape index (κ3) is 5.01. The zero-order valence-electron chi connectivity index (χ0n) is 9.13. The van der Waals surface area contributed by atoms with E-state index in [1.54, 1.807) is 0 Å². The highest BCUT2D eigenvalue weighted by molar-refractivity contribution is 5.83. The van der Waals surface area contributed by atoms with E-state index in [-0.39, 0.29) is 17.6 Å². The Bertz CT molecular complexity index is 155. The number of hydrogen-bond donors (Lipinski definition) is 2. The fraction of sp³-hybridized carbons (Fsp3) is 0.900. The smallest absolute Gasteiger partial charge is 0.141 e. The largest absolute Gasteiger partial charge is 0.330 e. The van der Waals surface area contributed by atoms with Gasteiger partial charge < -0.3 is 11.1 Å². The maximum atomic E-state index is 11.6. The van der Waals surface area contributed by atoms with Gasteiger partial charge >= 0.3 is 0 Å². The van der Waals surface area contributed by atoms with Gasteiger partial charge in [0.25, 0.3) is 0 Å². The number of hydrogen-bond acceptors (Lipinski definition) is 3. The molecule has 0 aromatic rings. The van der Waals surface area contributed by atoms with Crippen LogP contribution in [0.3, 0.4) is 0 Å². The average molecular weight is 186 g/mol. The summed E-state index contributed by atoms with van der Waals surface area (Å²) in [6, 6.07) is 0.411. The van der Waals surface area contributed by atoms with E-state index in [1.165, 1.54) is 0 Å². The molecule has 0 spiro atoms. The second-order valence-electron chi connectivity index (χ2n) is 4.05. The number of ketones is 1. The molecule has 0 heterocycles. The number of carbonyl (C=O) groups is 1. The van der Waals surface area contributed by atoms with Crippen LogP contribution in [0.4, 0.5) is 0 Å². The van der Waals surface area contributed by atoms with E-state index < -0.39 is 0 Å². The molecule has 0 rings (SSSR count). The number of nitrogens with two attached hydrogens (primary N) is 1. The summed E-state index contributed by atoms with van der Waals surface area (Å²) in [7, 11) is 0. The summed E-state index contributed by atoms with van der Waals surface area (Å²) in [5.74, 6) is 0.320. The fourth-order valence-corrected chi connectivity index (χ4v) is 1.15. The van der Waals surface area contributed by atoms with E-state index in [0.717, 1.165) is 0 Å². The Morgan fingerprint density at radius 2 is 1.85 bits per heavy atom. The van der Waals surface area contributed by atoms with E-state index in [2.05, 4.69) is 19.2 Å². The fourth-order valence-electron chi connectivity index (χ4n) is 1.15. The molecule has 1 unspecified atom stereocenters. The molecule has 0 aliphatic carbocycles. The van der Waals surface area contributed by atoms with Crippen LogP contribution in [-0.2, 0) is 4.79 Å². The maximum Gasteiger partial charge on any atom is 0.141 e. The highest BCUT2D eigenvalue weighted by Crippen LogP contribution is 2.04. The molecule has 0 aromatic carbocycles. The van der Waals surface area contributed by atoms with Crippen LogP contribution in [0.15, 0.2) is 0 Å². The molecule has 1 atom stereocenters. The van der Waals surface area contributed by atoms with Crippen molar-refractivity contribution in [2.75, 3.05) is 13.1 Å². The Labute approximate surface area is 81.1 Å². The molecular formula is C10H22N2O. The second-order valence-corrected chi connectivity index (χ2v) is 4.05. The number of carbonyl (C=O) groups excluding carboxylic acids is 1. The van der Waals surface area contributed by atoms with Crippen LogP contribution >= 0.6 is 0 Å². The van der Waals surface area contributed by atoms with Gasteiger partial charge in [0.1, 0.15) is 5.78 Å². The first-order valence-electron chi connectivity index (χ1n) is 4.96. The lowest BCUT2D eigenvalue weighted by Gasteiger charge is -2.18. The molecule has 0 bridgehead atoms. The third-order valence-electron chi connectivity index (χ3n) is 2.03. The molecule has 0 aliphatic heterocycles. The summed E-state index contributed by atoms with van der Waals surface area (Å²) < 4.78 is 0. The van der Waals surface area contributed by atoms with Crippen molar-refractivity contribution in [1.29, 1.82) is 0 Å². The van der Waals surface area contributed by atoms with Crippen LogP contribution in [0, 0.1) is 11.8 Å². The van der Waals surface area contributed by atoms with Crippen LogP contribution < -0.4 is 11.1 Å². The van der Waals surface area contributed by atoms with E-state index in [0.29, 0.717) is 19.1 Å². The number of Topliss-reactive ketones (excluding diaryl/α,β-unsaturated/α-hetero) is 1. The number of rotatable bonds is 6. The summed E-state index contributed by atoms with van der Waals surface area (Å²) in [5.41, 5.74) is 5.54. The molecule has 3 nitrogen and oxygen atoms in total. The topological polar surface area (TPSA) is 55.1 Å². The predicted octanol–water partition coefficient (Wildman–Crippen LogP) is 0.784. The lowest BCUT2D eigenvalue weighted by Crippen LogP contribution is -2.38. The second kappa shape index (κ2) is 6.11. The normalized spacial score (nSPS) is 13.8. The highest BCUT2D eigenvalue weighted by Gasteiger charge is 2.19. The highest BCUT2D eigenvalue weighted by atomic mass is 16.1.